The molecule has 0 radical (unpaired) electrons. The Balaban J connectivity index is 2.30. The van der Waals surface area contributed by atoms with E-state index in [4.69, 9.17) is 10.2 Å². The predicted molar refractivity (Wildman–Crippen MR) is 35.1 cm³/mol. The van der Waals surface area contributed by atoms with Crippen molar-refractivity contribution < 1.29 is 19.7 Å². The van der Waals surface area contributed by atoms with Crippen LogP contribution in [-0.4, -0.2) is 46.9 Å². The van der Waals surface area contributed by atoms with Crippen molar-refractivity contribution in [3.05, 3.63) is 6.73 Å². The maximum atomic E-state index is 10.8. The maximum Gasteiger partial charge on any atom is 0.218 e. The smallest absolute Gasteiger partial charge is 0.218 e. The lowest BCUT2D eigenvalue weighted by Crippen LogP contribution is -2.33. The Morgan fingerprint density at radius 1 is 1.82 bits per heavy atom. The number of aliphatic hydroxyl groups excluding tert-OH is 2. The lowest BCUT2D eigenvalue weighted by Gasteiger charge is -2.25. The Morgan fingerprint density at radius 2 is 2.55 bits per heavy atom. The summed E-state index contributed by atoms with van der Waals surface area (Å²) in [6, 6.07) is 0. The number of β-amino-alcohol motifs (C(OH)–C–C–N with tert-alkyl or cyclic N) is 1. The molecular formula is C6H10NO4-. The van der Waals surface area contributed by atoms with Crippen LogP contribution in [0.5, 0.6) is 0 Å². The molecule has 0 bridgehead atoms. The highest BCUT2D eigenvalue weighted by atomic mass is 16.5. The van der Waals surface area contributed by atoms with Gasteiger partial charge in [-0.15, -0.1) is 6.73 Å². The number of carbonyl (C=O) groups excluding carboxylic acids is 1. The van der Waals surface area contributed by atoms with Crippen molar-refractivity contribution >= 4 is 5.91 Å². The summed E-state index contributed by atoms with van der Waals surface area (Å²) in [7, 11) is 0. The summed E-state index contributed by atoms with van der Waals surface area (Å²) in [6.45, 7) is 1.02. The molecular weight excluding hydrogens is 150 g/mol. The number of carbonyl (C=O) groups is 1. The summed E-state index contributed by atoms with van der Waals surface area (Å²) in [5.74, 6) is -0.197. The fourth-order valence-electron chi connectivity index (χ4n) is 0.770. The summed E-state index contributed by atoms with van der Waals surface area (Å²) in [5.41, 5.74) is 0. The third kappa shape index (κ3) is 2.14. The van der Waals surface area contributed by atoms with E-state index in [1.54, 1.807) is 0 Å². The standard InChI is InChI=1S/C6H10NO4/c8-2-5(9)1-7-4-11-3-6(7)10/h4-5,8-9H,1-3H2/q-1. The lowest BCUT2D eigenvalue weighted by atomic mass is 10.3. The maximum absolute atomic E-state index is 10.8. The summed E-state index contributed by atoms with van der Waals surface area (Å²) >= 11 is 0. The van der Waals surface area contributed by atoms with Gasteiger partial charge in [-0.2, -0.15) is 0 Å². The van der Waals surface area contributed by atoms with Crippen LogP contribution in [0.2, 0.25) is 0 Å². The first kappa shape index (κ1) is 8.45. The van der Waals surface area contributed by atoms with E-state index in [9.17, 15) is 4.79 Å². The van der Waals surface area contributed by atoms with Gasteiger partial charge in [-0.05, 0) is 0 Å². The molecule has 2 N–H and O–H groups in total. The van der Waals surface area contributed by atoms with Crippen molar-refractivity contribution in [3.8, 4) is 0 Å². The normalized spacial score (nSPS) is 20.9. The van der Waals surface area contributed by atoms with Crippen molar-refractivity contribution in [1.29, 1.82) is 0 Å². The van der Waals surface area contributed by atoms with Gasteiger partial charge in [-0.25, -0.2) is 0 Å². The van der Waals surface area contributed by atoms with Crippen LogP contribution in [0.1, 0.15) is 0 Å². The molecule has 1 rings (SSSR count). The van der Waals surface area contributed by atoms with E-state index in [0.29, 0.717) is 0 Å². The van der Waals surface area contributed by atoms with Crippen molar-refractivity contribution in [2.75, 3.05) is 19.8 Å². The van der Waals surface area contributed by atoms with Gasteiger partial charge in [0.2, 0.25) is 5.91 Å². The van der Waals surface area contributed by atoms with Crippen molar-refractivity contribution in [2.24, 2.45) is 0 Å². The van der Waals surface area contributed by atoms with Crippen molar-refractivity contribution in [1.82, 2.24) is 4.90 Å². The monoisotopic (exact) mass is 160 g/mol. The molecule has 0 spiro atoms. The van der Waals surface area contributed by atoms with E-state index >= 15 is 0 Å². The molecule has 1 aliphatic rings. The van der Waals surface area contributed by atoms with Gasteiger partial charge in [0.1, 0.15) is 0 Å². The third-order valence-electron chi connectivity index (χ3n) is 1.35. The Morgan fingerprint density at radius 3 is 3.00 bits per heavy atom. The van der Waals surface area contributed by atoms with Gasteiger partial charge in [0, 0.05) is 6.54 Å². The summed E-state index contributed by atoms with van der Waals surface area (Å²) < 4.78 is 4.67. The number of hydrogen-bond acceptors (Lipinski definition) is 4. The molecule has 0 aromatic rings. The van der Waals surface area contributed by atoms with Crippen LogP contribution in [0.3, 0.4) is 0 Å². The van der Waals surface area contributed by atoms with Gasteiger partial charge >= 0.3 is 0 Å². The number of aliphatic hydroxyl groups is 2. The minimum absolute atomic E-state index is 0.0259. The molecule has 0 aromatic heterocycles. The molecule has 1 amide bonds. The Labute approximate surface area is 64.2 Å². The second-order valence-corrected chi connectivity index (χ2v) is 2.30. The molecule has 1 unspecified atom stereocenters. The first-order chi connectivity index (χ1) is 5.24. The van der Waals surface area contributed by atoms with Gasteiger partial charge in [0.25, 0.3) is 0 Å². The quantitative estimate of drug-likeness (QED) is 0.484. The SMILES string of the molecule is O=C1CO[CH-]N1CC(O)CO. The second-order valence-electron chi connectivity index (χ2n) is 2.30. The molecule has 0 aliphatic carbocycles. The molecule has 1 heterocycles. The first-order valence-corrected chi connectivity index (χ1v) is 3.27. The van der Waals surface area contributed by atoms with Crippen LogP contribution >= 0.6 is 0 Å². The van der Waals surface area contributed by atoms with Crippen LogP contribution in [0, 0.1) is 6.73 Å². The van der Waals surface area contributed by atoms with E-state index in [1.807, 2.05) is 0 Å². The highest BCUT2D eigenvalue weighted by Gasteiger charge is 2.14. The number of nitrogens with zero attached hydrogens (tertiary/aromatic N) is 1. The van der Waals surface area contributed by atoms with E-state index < -0.39 is 6.10 Å². The second kappa shape index (κ2) is 3.66. The van der Waals surface area contributed by atoms with Crippen molar-refractivity contribution in [3.63, 3.8) is 0 Å². The van der Waals surface area contributed by atoms with Crippen LogP contribution in [0.15, 0.2) is 0 Å². The Kier molecular flexibility index (Phi) is 2.81. The zero-order valence-corrected chi connectivity index (χ0v) is 5.93. The molecule has 1 fully saturated rings. The van der Waals surface area contributed by atoms with Crippen LogP contribution in [0.4, 0.5) is 0 Å². The summed E-state index contributed by atoms with van der Waals surface area (Å²) in [4.78, 5) is 12.0. The average molecular weight is 160 g/mol. The number of rotatable bonds is 3. The summed E-state index contributed by atoms with van der Waals surface area (Å²) in [6.07, 6.45) is -0.892. The fraction of sp³-hybridized carbons (Fsp3) is 0.667. The molecule has 5 heteroatoms. The van der Waals surface area contributed by atoms with Crippen LogP contribution in [-0.2, 0) is 9.53 Å². The molecule has 0 aromatic carbocycles. The largest absolute Gasteiger partial charge is 0.525 e. The highest BCUT2D eigenvalue weighted by Crippen LogP contribution is 2.05. The van der Waals surface area contributed by atoms with E-state index in [-0.39, 0.29) is 25.7 Å². The predicted octanol–water partition coefficient (Wildman–Crippen LogP) is -1.68. The molecule has 0 saturated carbocycles. The van der Waals surface area contributed by atoms with Gasteiger partial charge < -0.3 is 19.8 Å². The third-order valence-corrected chi connectivity index (χ3v) is 1.35. The number of ether oxygens (including phenoxy) is 1. The van der Waals surface area contributed by atoms with E-state index in [2.05, 4.69) is 4.74 Å². The highest BCUT2D eigenvalue weighted by molar-refractivity contribution is 5.79. The van der Waals surface area contributed by atoms with Gasteiger partial charge in [0.15, 0.2) is 0 Å². The average Bonchev–Trinajstić information content (AvgIpc) is 2.37. The number of hydrogen-bond donors (Lipinski definition) is 2. The van der Waals surface area contributed by atoms with Crippen molar-refractivity contribution in [2.45, 2.75) is 6.10 Å². The molecule has 1 saturated heterocycles. The zero-order chi connectivity index (χ0) is 8.27. The van der Waals surface area contributed by atoms with Crippen LogP contribution < -0.4 is 0 Å². The lowest BCUT2D eigenvalue weighted by molar-refractivity contribution is -0.127. The molecule has 1 atom stereocenters. The summed E-state index contributed by atoms with van der Waals surface area (Å²) in [5, 5.41) is 17.4. The van der Waals surface area contributed by atoms with Gasteiger partial charge in [-0.1, -0.05) is 0 Å². The minimum Gasteiger partial charge on any atom is -0.525 e. The molecule has 11 heavy (non-hydrogen) atoms. The topological polar surface area (TPSA) is 70.0 Å². The van der Waals surface area contributed by atoms with E-state index in [1.165, 1.54) is 11.6 Å². The molecule has 64 valence electrons. The first-order valence-electron chi connectivity index (χ1n) is 3.27. The van der Waals surface area contributed by atoms with Gasteiger partial charge in [0.05, 0.1) is 19.3 Å². The minimum atomic E-state index is -0.892. The van der Waals surface area contributed by atoms with Gasteiger partial charge in [-0.3, -0.25) is 4.79 Å². The number of amides is 1. The molecule has 1 aliphatic heterocycles. The fourth-order valence-corrected chi connectivity index (χ4v) is 0.770. The Bertz CT molecular complexity index is 150. The van der Waals surface area contributed by atoms with E-state index in [0.717, 1.165) is 0 Å². The zero-order valence-electron chi connectivity index (χ0n) is 5.93. The van der Waals surface area contributed by atoms with Crippen LogP contribution in [0.25, 0.3) is 0 Å². The molecule has 5 nitrogen and oxygen atoms in total. The Hall–Kier alpha value is -0.650.